The van der Waals surface area contributed by atoms with Gasteiger partial charge in [-0.05, 0) is 67.0 Å². The SMILES string of the molecule is Cc1ccccc1C(=O)OC1C(OC(=O)c2ccccc2C)C(C)[C@H]2C=CC=CC2C1c1ccccc1C. The minimum absolute atomic E-state index is 0.0656. The van der Waals surface area contributed by atoms with Gasteiger partial charge in [-0.1, -0.05) is 91.9 Å². The van der Waals surface area contributed by atoms with E-state index >= 15 is 0 Å². The van der Waals surface area contributed by atoms with E-state index in [1.807, 2.05) is 62.4 Å². The number of aryl methyl sites for hydroxylation is 3. The molecule has 3 aromatic rings. The number of allylic oxidation sites excluding steroid dienone is 4. The first kappa shape index (κ1) is 25.7. The number of carbonyl (C=O) groups is 2. The lowest BCUT2D eigenvalue weighted by molar-refractivity contribution is -0.0997. The van der Waals surface area contributed by atoms with Crippen LogP contribution in [0.3, 0.4) is 0 Å². The van der Waals surface area contributed by atoms with Crippen LogP contribution in [0.4, 0.5) is 0 Å². The molecule has 4 heteroatoms. The second kappa shape index (κ2) is 10.8. The van der Waals surface area contributed by atoms with Crippen molar-refractivity contribution in [1.82, 2.24) is 0 Å². The first-order valence-electron chi connectivity index (χ1n) is 13.3. The van der Waals surface area contributed by atoms with Crippen molar-refractivity contribution in [3.05, 3.63) is 130 Å². The maximum absolute atomic E-state index is 13.6. The Morgan fingerprint density at radius 3 is 1.63 bits per heavy atom. The molecular weight excluding hydrogens is 472 g/mol. The van der Waals surface area contributed by atoms with Crippen molar-refractivity contribution >= 4 is 11.9 Å². The molecule has 0 amide bonds. The highest BCUT2D eigenvalue weighted by Gasteiger charge is 2.52. The Morgan fingerprint density at radius 1 is 0.605 bits per heavy atom. The zero-order chi connectivity index (χ0) is 26.8. The Bertz CT molecular complexity index is 1400. The van der Waals surface area contributed by atoms with Gasteiger partial charge in [0.2, 0.25) is 0 Å². The molecule has 5 rings (SSSR count). The fraction of sp³-hybridized carbons (Fsp3) is 0.294. The summed E-state index contributed by atoms with van der Waals surface area (Å²) in [6.07, 6.45) is 7.26. The fourth-order valence-electron chi connectivity index (χ4n) is 6.11. The Labute approximate surface area is 225 Å². The van der Waals surface area contributed by atoms with Crippen molar-refractivity contribution in [1.29, 1.82) is 0 Å². The average Bonchev–Trinajstić information content (AvgIpc) is 2.92. The van der Waals surface area contributed by atoms with Crippen molar-refractivity contribution in [2.24, 2.45) is 17.8 Å². The molecule has 0 N–H and O–H groups in total. The molecule has 2 aliphatic carbocycles. The summed E-state index contributed by atoms with van der Waals surface area (Å²) in [7, 11) is 0. The first-order chi connectivity index (χ1) is 18.4. The Kier molecular flexibility index (Phi) is 7.33. The highest BCUT2D eigenvalue weighted by Crippen LogP contribution is 2.50. The molecule has 0 aromatic heterocycles. The Balaban J connectivity index is 1.60. The van der Waals surface area contributed by atoms with Gasteiger partial charge in [-0.15, -0.1) is 0 Å². The molecule has 2 aliphatic rings. The predicted molar refractivity (Wildman–Crippen MR) is 149 cm³/mol. The van der Waals surface area contributed by atoms with E-state index in [1.165, 1.54) is 0 Å². The third kappa shape index (κ3) is 4.83. The van der Waals surface area contributed by atoms with Gasteiger partial charge in [-0.25, -0.2) is 9.59 Å². The lowest BCUT2D eigenvalue weighted by atomic mass is 9.60. The summed E-state index contributed by atoms with van der Waals surface area (Å²) >= 11 is 0. The number of carbonyl (C=O) groups excluding carboxylic acids is 2. The van der Waals surface area contributed by atoms with Crippen LogP contribution < -0.4 is 0 Å². The number of hydrogen-bond acceptors (Lipinski definition) is 4. The van der Waals surface area contributed by atoms with E-state index < -0.39 is 24.1 Å². The van der Waals surface area contributed by atoms with Crippen LogP contribution in [0.25, 0.3) is 0 Å². The van der Waals surface area contributed by atoms with Crippen LogP contribution in [0, 0.1) is 38.5 Å². The van der Waals surface area contributed by atoms with E-state index in [9.17, 15) is 9.59 Å². The van der Waals surface area contributed by atoms with Gasteiger partial charge in [0.05, 0.1) is 11.1 Å². The summed E-state index contributed by atoms with van der Waals surface area (Å²) in [5.41, 5.74) is 4.97. The molecule has 1 fully saturated rings. The third-order valence-electron chi connectivity index (χ3n) is 8.20. The molecule has 1 saturated carbocycles. The lowest BCUT2D eigenvalue weighted by Crippen LogP contribution is -2.53. The quantitative estimate of drug-likeness (QED) is 0.345. The van der Waals surface area contributed by atoms with Crippen LogP contribution in [-0.2, 0) is 9.47 Å². The van der Waals surface area contributed by atoms with Crippen molar-refractivity contribution in [3.8, 4) is 0 Å². The second-order valence-electron chi connectivity index (χ2n) is 10.5. The van der Waals surface area contributed by atoms with E-state index in [0.29, 0.717) is 11.1 Å². The van der Waals surface area contributed by atoms with Crippen LogP contribution >= 0.6 is 0 Å². The van der Waals surface area contributed by atoms with Crippen LogP contribution in [0.2, 0.25) is 0 Å². The molecule has 6 atom stereocenters. The van der Waals surface area contributed by atoms with Gasteiger partial charge in [-0.2, -0.15) is 0 Å². The van der Waals surface area contributed by atoms with E-state index in [4.69, 9.17) is 9.47 Å². The second-order valence-corrected chi connectivity index (χ2v) is 10.5. The summed E-state index contributed by atoms with van der Waals surface area (Å²) in [6, 6.07) is 23.1. The van der Waals surface area contributed by atoms with E-state index in [-0.39, 0.29) is 23.7 Å². The normalized spacial score (nSPS) is 25.9. The number of rotatable bonds is 5. The van der Waals surface area contributed by atoms with E-state index in [1.54, 1.807) is 12.1 Å². The molecular formula is C34H34O4. The van der Waals surface area contributed by atoms with E-state index in [2.05, 4.69) is 50.3 Å². The zero-order valence-electron chi connectivity index (χ0n) is 22.3. The first-order valence-corrected chi connectivity index (χ1v) is 13.3. The topological polar surface area (TPSA) is 52.6 Å². The molecule has 5 unspecified atom stereocenters. The van der Waals surface area contributed by atoms with Gasteiger partial charge < -0.3 is 9.47 Å². The van der Waals surface area contributed by atoms with Gasteiger partial charge >= 0.3 is 11.9 Å². The summed E-state index contributed by atoms with van der Waals surface area (Å²) in [5, 5.41) is 0. The monoisotopic (exact) mass is 506 g/mol. The van der Waals surface area contributed by atoms with Gasteiger partial charge in [0.25, 0.3) is 0 Å². The number of benzene rings is 3. The van der Waals surface area contributed by atoms with Gasteiger partial charge in [-0.3, -0.25) is 0 Å². The molecule has 0 saturated heterocycles. The van der Waals surface area contributed by atoms with Gasteiger partial charge in [0.15, 0.2) is 0 Å². The Morgan fingerprint density at radius 2 is 1.08 bits per heavy atom. The molecule has 4 nitrogen and oxygen atoms in total. The van der Waals surface area contributed by atoms with Crippen LogP contribution in [-0.4, -0.2) is 24.1 Å². The number of hydrogen-bond donors (Lipinski definition) is 0. The molecule has 38 heavy (non-hydrogen) atoms. The fourth-order valence-corrected chi connectivity index (χ4v) is 6.11. The number of ether oxygens (including phenoxy) is 2. The highest BCUT2D eigenvalue weighted by atomic mass is 16.6. The largest absolute Gasteiger partial charge is 0.454 e. The average molecular weight is 507 g/mol. The summed E-state index contributed by atoms with van der Waals surface area (Å²) in [6.45, 7) is 7.98. The van der Waals surface area contributed by atoms with E-state index in [0.717, 1.165) is 22.3 Å². The minimum atomic E-state index is -0.663. The van der Waals surface area contributed by atoms with Crippen LogP contribution in [0.15, 0.2) is 97.1 Å². The van der Waals surface area contributed by atoms with Crippen molar-refractivity contribution in [2.75, 3.05) is 0 Å². The number of esters is 2. The molecule has 3 aromatic carbocycles. The maximum Gasteiger partial charge on any atom is 0.338 e. The lowest BCUT2D eigenvalue weighted by Gasteiger charge is -2.49. The Hall–Kier alpha value is -3.92. The molecule has 0 radical (unpaired) electrons. The smallest absolute Gasteiger partial charge is 0.338 e. The van der Waals surface area contributed by atoms with Crippen molar-refractivity contribution in [3.63, 3.8) is 0 Å². The highest BCUT2D eigenvalue weighted by molar-refractivity contribution is 5.92. The molecule has 0 spiro atoms. The number of fused-ring (bicyclic) bond motifs is 1. The predicted octanol–water partition coefficient (Wildman–Crippen LogP) is 7.15. The van der Waals surface area contributed by atoms with Crippen LogP contribution in [0.5, 0.6) is 0 Å². The summed E-state index contributed by atoms with van der Waals surface area (Å²) < 4.78 is 12.7. The van der Waals surface area contributed by atoms with Gasteiger partial charge in [0.1, 0.15) is 12.2 Å². The minimum Gasteiger partial charge on any atom is -0.454 e. The maximum atomic E-state index is 13.6. The van der Waals surface area contributed by atoms with Crippen molar-refractivity contribution < 1.29 is 19.1 Å². The standard InChI is InChI=1S/C34H34O4/c1-21-13-5-8-16-25(21)30-29-20-12-11-19-28(29)24(4)31(37-33(35)26-17-9-6-14-22(26)2)32(30)38-34(36)27-18-10-7-15-23(27)3/h5-20,24,28-32H,1-4H3/t24?,28-,29?,30?,31?,32?/m1/s1. The molecule has 0 aliphatic heterocycles. The molecule has 0 heterocycles. The van der Waals surface area contributed by atoms with Crippen molar-refractivity contribution in [2.45, 2.75) is 45.8 Å². The third-order valence-corrected chi connectivity index (χ3v) is 8.20. The molecule has 0 bridgehead atoms. The summed E-state index contributed by atoms with van der Waals surface area (Å²) in [4.78, 5) is 27.1. The molecule has 194 valence electrons. The van der Waals surface area contributed by atoms with Gasteiger partial charge in [0, 0.05) is 11.8 Å². The van der Waals surface area contributed by atoms with Crippen LogP contribution in [0.1, 0.15) is 55.8 Å². The summed E-state index contributed by atoms with van der Waals surface area (Å²) in [5.74, 6) is -0.809. The zero-order valence-corrected chi connectivity index (χ0v) is 22.3.